The highest BCUT2D eigenvalue weighted by molar-refractivity contribution is 7.00. The molecule has 3 heteroatoms. The SMILES string of the molecule is Cc1cc(C)cc(N2c3ccc(C(C)(C)C)cc3B3c4cc(C(C)(C)C)ccc4N(c4cc(C)cc(C)c4)c4cc(C56CC7CC(CC(C7)C5)C6)cc2c43)c1. The Morgan fingerprint density at radius 1 is 0.491 bits per heavy atom. The lowest BCUT2D eigenvalue weighted by molar-refractivity contribution is -0.00514. The van der Waals surface area contributed by atoms with Gasteiger partial charge in [0.2, 0.25) is 0 Å². The molecule has 4 fully saturated rings. The molecule has 0 spiro atoms. The number of hydrogen-bond donors (Lipinski definition) is 0. The summed E-state index contributed by atoms with van der Waals surface area (Å²) >= 11 is 0. The van der Waals surface area contributed by atoms with Gasteiger partial charge in [-0.15, -0.1) is 0 Å². The molecule has 4 bridgehead atoms. The molecule has 0 saturated heterocycles. The van der Waals surface area contributed by atoms with E-state index < -0.39 is 0 Å². The zero-order chi connectivity index (χ0) is 38.3. The molecule has 2 aliphatic heterocycles. The van der Waals surface area contributed by atoms with Crippen molar-refractivity contribution in [1.29, 1.82) is 0 Å². The van der Waals surface area contributed by atoms with Gasteiger partial charge in [0, 0.05) is 34.1 Å². The Balaban J connectivity index is 1.34. The Kier molecular flexibility index (Phi) is 7.61. The lowest BCUT2D eigenvalue weighted by Crippen LogP contribution is -2.62. The van der Waals surface area contributed by atoms with Crippen LogP contribution in [-0.2, 0) is 16.2 Å². The van der Waals surface area contributed by atoms with Gasteiger partial charge in [-0.2, -0.15) is 0 Å². The van der Waals surface area contributed by atoms with Crippen molar-refractivity contribution in [3.05, 3.63) is 124 Å². The van der Waals surface area contributed by atoms with E-state index in [4.69, 9.17) is 0 Å². The van der Waals surface area contributed by atoms with Crippen LogP contribution in [0.5, 0.6) is 0 Å². The number of nitrogens with zero attached hydrogens (tertiary/aromatic N) is 2. The minimum atomic E-state index is 0.0289. The van der Waals surface area contributed by atoms with Crippen LogP contribution in [0.2, 0.25) is 0 Å². The molecule has 0 N–H and O–H groups in total. The summed E-state index contributed by atoms with van der Waals surface area (Å²) in [6.45, 7) is 23.4. The number of hydrogen-bond acceptors (Lipinski definition) is 2. The Morgan fingerprint density at radius 2 is 0.873 bits per heavy atom. The maximum Gasteiger partial charge on any atom is 0.252 e. The normalized spacial score (nSPS) is 23.5. The van der Waals surface area contributed by atoms with Crippen LogP contribution in [0.15, 0.2) is 84.9 Å². The van der Waals surface area contributed by atoms with E-state index in [9.17, 15) is 0 Å². The first-order valence-corrected chi connectivity index (χ1v) is 21.3. The van der Waals surface area contributed by atoms with Crippen LogP contribution in [0.4, 0.5) is 34.1 Å². The predicted octanol–water partition coefficient (Wildman–Crippen LogP) is 12.1. The molecule has 0 aromatic heterocycles. The largest absolute Gasteiger partial charge is 0.311 e. The van der Waals surface area contributed by atoms with Crippen molar-refractivity contribution in [2.75, 3.05) is 9.80 Å². The van der Waals surface area contributed by atoms with Crippen LogP contribution in [0, 0.1) is 45.4 Å². The summed E-state index contributed by atoms with van der Waals surface area (Å²) in [6.07, 6.45) is 8.42. The fourth-order valence-electron chi connectivity index (χ4n) is 12.4. The lowest BCUT2D eigenvalue weighted by Gasteiger charge is -2.57. The van der Waals surface area contributed by atoms with Crippen LogP contribution < -0.4 is 26.2 Å². The standard InChI is InChI=1S/C52H59BN2/c1-31-15-32(2)18-41(17-31)54-45-13-11-38(50(5,6)7)24-43(45)53-44-25-39(51(8,9)10)12-14-46(44)55(42-19-33(3)16-34(4)20-42)48-27-40(26-47(54)49(48)53)52-28-35-21-36(29-52)23-37(22-35)30-52/h11-20,24-27,35-37H,21-23,28-30H2,1-10H3. The second-order valence-corrected chi connectivity index (χ2v) is 21.0. The molecule has 55 heavy (non-hydrogen) atoms. The minimum absolute atomic E-state index is 0.0289. The van der Waals surface area contributed by atoms with Crippen molar-refractivity contribution in [3.8, 4) is 0 Å². The molecule has 5 aromatic carbocycles. The van der Waals surface area contributed by atoms with Crippen molar-refractivity contribution in [2.45, 2.75) is 124 Å². The van der Waals surface area contributed by atoms with Crippen molar-refractivity contribution < 1.29 is 0 Å². The minimum Gasteiger partial charge on any atom is -0.311 e. The molecule has 0 unspecified atom stereocenters. The quantitative estimate of drug-likeness (QED) is 0.168. The van der Waals surface area contributed by atoms with E-state index in [2.05, 4.69) is 164 Å². The summed E-state index contributed by atoms with van der Waals surface area (Å²) in [7, 11) is 0. The number of rotatable bonds is 3. The molecule has 2 nitrogen and oxygen atoms in total. The zero-order valence-electron chi connectivity index (χ0n) is 35.0. The number of benzene rings is 5. The van der Waals surface area contributed by atoms with Crippen molar-refractivity contribution in [2.24, 2.45) is 17.8 Å². The average molecular weight is 723 g/mol. The molecular formula is C52H59BN2. The zero-order valence-corrected chi connectivity index (χ0v) is 35.0. The van der Waals surface area contributed by atoms with E-state index in [1.807, 2.05) is 0 Å². The summed E-state index contributed by atoms with van der Waals surface area (Å²) in [6, 6.07) is 34.7. The lowest BCUT2D eigenvalue weighted by atomic mass is 9.33. The first-order chi connectivity index (χ1) is 26.0. The summed E-state index contributed by atoms with van der Waals surface area (Å²) < 4.78 is 0. The highest BCUT2D eigenvalue weighted by atomic mass is 15.2. The Labute approximate surface area is 331 Å². The Hall–Kier alpha value is -4.24. The van der Waals surface area contributed by atoms with Crippen molar-refractivity contribution >= 4 is 57.2 Å². The first-order valence-electron chi connectivity index (χ1n) is 21.3. The molecule has 280 valence electrons. The third-order valence-electron chi connectivity index (χ3n) is 14.4. The first kappa shape index (κ1) is 35.2. The molecule has 0 amide bonds. The van der Waals surface area contributed by atoms with Crippen LogP contribution in [0.3, 0.4) is 0 Å². The van der Waals surface area contributed by atoms with Gasteiger partial charge >= 0.3 is 0 Å². The van der Waals surface area contributed by atoms with Gasteiger partial charge in [0.25, 0.3) is 6.71 Å². The third kappa shape index (κ3) is 5.57. The van der Waals surface area contributed by atoms with Gasteiger partial charge in [0.1, 0.15) is 0 Å². The van der Waals surface area contributed by atoms with Gasteiger partial charge in [0.05, 0.1) is 0 Å². The highest BCUT2D eigenvalue weighted by Gasteiger charge is 2.53. The number of anilines is 6. The van der Waals surface area contributed by atoms with Gasteiger partial charge in [-0.3, -0.25) is 0 Å². The van der Waals surface area contributed by atoms with E-state index >= 15 is 0 Å². The Bertz CT molecular complexity index is 2180. The third-order valence-corrected chi connectivity index (χ3v) is 14.4. The average Bonchev–Trinajstić information content (AvgIpc) is 3.08. The summed E-state index contributed by atoms with van der Waals surface area (Å²) in [4.78, 5) is 5.36. The molecule has 4 saturated carbocycles. The van der Waals surface area contributed by atoms with E-state index in [0.29, 0.717) is 0 Å². The second-order valence-electron chi connectivity index (χ2n) is 21.0. The number of aryl methyl sites for hydroxylation is 4. The molecule has 0 atom stereocenters. The summed E-state index contributed by atoms with van der Waals surface area (Å²) in [5, 5.41) is 0. The monoisotopic (exact) mass is 722 g/mol. The molecule has 6 aliphatic rings. The van der Waals surface area contributed by atoms with E-state index in [1.54, 1.807) is 5.56 Å². The fraction of sp³-hybridized carbons (Fsp3) is 0.423. The van der Waals surface area contributed by atoms with E-state index in [0.717, 1.165) is 17.8 Å². The fourth-order valence-corrected chi connectivity index (χ4v) is 12.4. The van der Waals surface area contributed by atoms with Crippen molar-refractivity contribution in [1.82, 2.24) is 0 Å². The second kappa shape index (κ2) is 11.9. The molecule has 5 aromatic rings. The van der Waals surface area contributed by atoms with Crippen LogP contribution in [0.1, 0.15) is 119 Å². The smallest absolute Gasteiger partial charge is 0.252 e. The van der Waals surface area contributed by atoms with Gasteiger partial charge < -0.3 is 9.80 Å². The maximum absolute atomic E-state index is 2.72. The van der Waals surface area contributed by atoms with Crippen LogP contribution in [0.25, 0.3) is 0 Å². The van der Waals surface area contributed by atoms with Crippen LogP contribution >= 0.6 is 0 Å². The summed E-state index contributed by atoms with van der Waals surface area (Å²) in [5.41, 5.74) is 22.2. The Morgan fingerprint density at radius 3 is 1.24 bits per heavy atom. The van der Waals surface area contributed by atoms with Gasteiger partial charge in [-0.1, -0.05) is 77.9 Å². The number of fused-ring (bicyclic) bond motifs is 4. The molecule has 11 rings (SSSR count). The topological polar surface area (TPSA) is 6.48 Å². The van der Waals surface area contributed by atoms with Gasteiger partial charge in [0.15, 0.2) is 0 Å². The molecular weight excluding hydrogens is 663 g/mol. The highest BCUT2D eigenvalue weighted by Crippen LogP contribution is 2.62. The molecule has 4 aliphatic carbocycles. The predicted molar refractivity (Wildman–Crippen MR) is 237 cm³/mol. The molecule has 2 heterocycles. The van der Waals surface area contributed by atoms with E-state index in [-0.39, 0.29) is 23.0 Å². The van der Waals surface area contributed by atoms with Gasteiger partial charge in [-0.05, 0) is 204 Å². The van der Waals surface area contributed by atoms with Crippen LogP contribution in [-0.4, -0.2) is 6.71 Å². The van der Waals surface area contributed by atoms with Gasteiger partial charge in [-0.25, -0.2) is 0 Å². The maximum atomic E-state index is 2.72. The molecule has 0 radical (unpaired) electrons. The van der Waals surface area contributed by atoms with E-state index in [1.165, 1.54) is 122 Å². The summed E-state index contributed by atoms with van der Waals surface area (Å²) in [5.74, 6) is 2.64. The van der Waals surface area contributed by atoms with Crippen molar-refractivity contribution in [3.63, 3.8) is 0 Å².